The van der Waals surface area contributed by atoms with Gasteiger partial charge in [0.1, 0.15) is 5.75 Å². The maximum absolute atomic E-state index is 12.4. The maximum atomic E-state index is 12.4. The Morgan fingerprint density at radius 3 is 2.50 bits per heavy atom. The fraction of sp³-hybridized carbons (Fsp3) is 0.409. The van der Waals surface area contributed by atoms with Gasteiger partial charge in [0.05, 0.1) is 17.8 Å². The molecule has 0 spiro atoms. The third-order valence-corrected chi connectivity index (χ3v) is 7.08. The molecule has 8 heteroatoms. The van der Waals surface area contributed by atoms with Crippen LogP contribution in [0.5, 0.6) is 5.75 Å². The van der Waals surface area contributed by atoms with E-state index in [1.807, 2.05) is 18.2 Å². The number of nitrogens with zero attached hydrogens (tertiary/aromatic N) is 2. The van der Waals surface area contributed by atoms with Crippen LogP contribution in [0.2, 0.25) is 0 Å². The summed E-state index contributed by atoms with van der Waals surface area (Å²) in [6.07, 6.45) is 1.60. The lowest BCUT2D eigenvalue weighted by Crippen LogP contribution is -2.40. The van der Waals surface area contributed by atoms with Crippen LogP contribution in [0.4, 0.5) is 0 Å². The molecular formula is C22H30IN3O3S. The number of benzene rings is 2. The summed E-state index contributed by atoms with van der Waals surface area (Å²) < 4.78 is 30.0. The van der Waals surface area contributed by atoms with E-state index in [9.17, 15) is 8.42 Å². The van der Waals surface area contributed by atoms with E-state index in [-0.39, 0.29) is 29.7 Å². The van der Waals surface area contributed by atoms with Crippen molar-refractivity contribution in [1.29, 1.82) is 0 Å². The van der Waals surface area contributed by atoms with E-state index >= 15 is 0 Å². The van der Waals surface area contributed by atoms with Crippen molar-refractivity contribution in [2.75, 3.05) is 39.5 Å². The molecular weight excluding hydrogens is 513 g/mol. The van der Waals surface area contributed by atoms with Crippen molar-refractivity contribution in [3.05, 3.63) is 60.2 Å². The molecule has 1 fully saturated rings. The van der Waals surface area contributed by atoms with Crippen LogP contribution in [0.3, 0.4) is 0 Å². The van der Waals surface area contributed by atoms with Crippen molar-refractivity contribution in [1.82, 2.24) is 10.2 Å². The molecule has 2 aromatic rings. The number of sulfone groups is 1. The van der Waals surface area contributed by atoms with Crippen LogP contribution in [0, 0.1) is 0 Å². The van der Waals surface area contributed by atoms with Gasteiger partial charge in [-0.25, -0.2) is 8.42 Å². The lowest BCUT2D eigenvalue weighted by atomic mass is 9.98. The van der Waals surface area contributed by atoms with E-state index in [2.05, 4.69) is 27.3 Å². The molecule has 1 heterocycles. The quantitative estimate of drug-likeness (QED) is 0.251. The number of hydrogen-bond acceptors (Lipinski definition) is 4. The average Bonchev–Trinajstić information content (AvgIpc) is 3.24. The van der Waals surface area contributed by atoms with E-state index in [0.29, 0.717) is 23.8 Å². The van der Waals surface area contributed by atoms with Crippen molar-refractivity contribution >= 4 is 39.8 Å². The zero-order valence-corrected chi connectivity index (χ0v) is 20.6. The van der Waals surface area contributed by atoms with Crippen LogP contribution in [-0.4, -0.2) is 58.8 Å². The van der Waals surface area contributed by atoms with E-state index in [0.717, 1.165) is 31.2 Å². The molecule has 1 N–H and O–H groups in total. The van der Waals surface area contributed by atoms with Gasteiger partial charge in [0.2, 0.25) is 0 Å². The molecule has 3 rings (SSSR count). The molecule has 30 heavy (non-hydrogen) atoms. The molecule has 1 aliphatic rings. The van der Waals surface area contributed by atoms with Crippen LogP contribution in [0.25, 0.3) is 0 Å². The molecule has 1 saturated heterocycles. The van der Waals surface area contributed by atoms with Crippen LogP contribution in [0.1, 0.15) is 24.3 Å². The number of guanidine groups is 1. The minimum absolute atomic E-state index is 0. The van der Waals surface area contributed by atoms with Gasteiger partial charge in [-0.3, -0.25) is 4.99 Å². The van der Waals surface area contributed by atoms with Crippen molar-refractivity contribution in [3.63, 3.8) is 0 Å². The Balaban J connectivity index is 0.00000320. The highest BCUT2D eigenvalue weighted by molar-refractivity contribution is 14.0. The van der Waals surface area contributed by atoms with Gasteiger partial charge in [-0.05, 0) is 42.7 Å². The third kappa shape index (κ3) is 6.34. The van der Waals surface area contributed by atoms with E-state index in [4.69, 9.17) is 4.74 Å². The number of methoxy groups -OCH3 is 1. The van der Waals surface area contributed by atoms with E-state index in [1.165, 1.54) is 5.56 Å². The highest BCUT2D eigenvalue weighted by Gasteiger charge is 2.26. The molecule has 0 amide bonds. The van der Waals surface area contributed by atoms with Crippen molar-refractivity contribution in [2.45, 2.75) is 23.7 Å². The zero-order chi connectivity index (χ0) is 20.7. The summed E-state index contributed by atoms with van der Waals surface area (Å²) in [5, 5.41) is 3.32. The summed E-state index contributed by atoms with van der Waals surface area (Å²) >= 11 is 0. The molecule has 1 atom stereocenters. The normalized spacial score (nSPS) is 16.8. The Labute approximate surface area is 196 Å². The van der Waals surface area contributed by atoms with Crippen LogP contribution >= 0.6 is 24.0 Å². The van der Waals surface area contributed by atoms with Gasteiger partial charge < -0.3 is 15.0 Å². The predicted molar refractivity (Wildman–Crippen MR) is 132 cm³/mol. The molecule has 2 aromatic carbocycles. The lowest BCUT2D eigenvalue weighted by molar-refractivity contribution is 0.414. The summed E-state index contributed by atoms with van der Waals surface area (Å²) in [5.41, 5.74) is 1.30. The van der Waals surface area contributed by atoms with Gasteiger partial charge in [0.25, 0.3) is 0 Å². The fourth-order valence-corrected chi connectivity index (χ4v) is 4.97. The van der Waals surface area contributed by atoms with Crippen molar-refractivity contribution in [2.24, 2.45) is 4.99 Å². The molecule has 0 bridgehead atoms. The molecule has 164 valence electrons. The number of rotatable bonds is 7. The number of aliphatic imine (C=N–C) groups is 1. The molecule has 1 aliphatic heterocycles. The Morgan fingerprint density at radius 1 is 1.17 bits per heavy atom. The lowest BCUT2D eigenvalue weighted by Gasteiger charge is -2.22. The average molecular weight is 543 g/mol. The molecule has 6 nitrogen and oxygen atoms in total. The fourth-order valence-electron chi connectivity index (χ4n) is 3.64. The van der Waals surface area contributed by atoms with Gasteiger partial charge in [-0.15, -0.1) is 24.0 Å². The first-order valence-electron chi connectivity index (χ1n) is 9.91. The second kappa shape index (κ2) is 11.5. The number of halogens is 1. The summed E-state index contributed by atoms with van der Waals surface area (Å²) in [6.45, 7) is 2.40. The number of hydrogen-bond donors (Lipinski definition) is 1. The third-order valence-electron chi connectivity index (χ3n) is 5.26. The summed E-state index contributed by atoms with van der Waals surface area (Å²) in [6, 6.07) is 16.8. The highest BCUT2D eigenvalue weighted by Crippen LogP contribution is 2.28. The second-order valence-electron chi connectivity index (χ2n) is 7.16. The van der Waals surface area contributed by atoms with Crippen LogP contribution < -0.4 is 10.1 Å². The monoisotopic (exact) mass is 543 g/mol. The van der Waals surface area contributed by atoms with Gasteiger partial charge in [-0.2, -0.15) is 0 Å². The molecule has 0 saturated carbocycles. The first kappa shape index (κ1) is 24.5. The summed E-state index contributed by atoms with van der Waals surface area (Å²) in [4.78, 5) is 7.00. The van der Waals surface area contributed by atoms with Crippen molar-refractivity contribution < 1.29 is 13.2 Å². The second-order valence-corrected chi connectivity index (χ2v) is 9.27. The SMILES string of the molecule is CN=C(NCCCS(=O)(=O)c1ccccc1)N1CCC(c2ccc(OC)cc2)C1.I. The Kier molecular flexibility index (Phi) is 9.41. The molecule has 1 unspecified atom stereocenters. The summed E-state index contributed by atoms with van der Waals surface area (Å²) in [5.74, 6) is 2.28. The minimum atomic E-state index is -3.24. The number of nitrogens with one attached hydrogen (secondary N) is 1. The Bertz CT molecular complexity index is 918. The number of ether oxygens (including phenoxy) is 1. The van der Waals surface area contributed by atoms with E-state index in [1.54, 1.807) is 38.4 Å². The van der Waals surface area contributed by atoms with Gasteiger partial charge in [-0.1, -0.05) is 30.3 Å². The summed E-state index contributed by atoms with van der Waals surface area (Å²) in [7, 11) is 0.203. The Morgan fingerprint density at radius 2 is 1.87 bits per heavy atom. The van der Waals surface area contributed by atoms with E-state index < -0.39 is 9.84 Å². The number of likely N-dealkylation sites (tertiary alicyclic amines) is 1. The largest absolute Gasteiger partial charge is 0.497 e. The zero-order valence-electron chi connectivity index (χ0n) is 17.5. The molecule has 0 aliphatic carbocycles. The Hall–Kier alpha value is -1.81. The molecule has 0 aromatic heterocycles. The van der Waals surface area contributed by atoms with Gasteiger partial charge in [0.15, 0.2) is 15.8 Å². The molecule has 0 radical (unpaired) electrons. The smallest absolute Gasteiger partial charge is 0.193 e. The van der Waals surface area contributed by atoms with Gasteiger partial charge >= 0.3 is 0 Å². The minimum Gasteiger partial charge on any atom is -0.497 e. The highest BCUT2D eigenvalue weighted by atomic mass is 127. The van der Waals surface area contributed by atoms with Crippen molar-refractivity contribution in [3.8, 4) is 5.75 Å². The predicted octanol–water partition coefficient (Wildman–Crippen LogP) is 3.54. The van der Waals surface area contributed by atoms with Crippen LogP contribution in [-0.2, 0) is 9.84 Å². The van der Waals surface area contributed by atoms with Crippen LogP contribution in [0.15, 0.2) is 64.5 Å². The first-order valence-corrected chi connectivity index (χ1v) is 11.6. The maximum Gasteiger partial charge on any atom is 0.193 e. The topological polar surface area (TPSA) is 71.0 Å². The first-order chi connectivity index (χ1) is 14.0. The van der Waals surface area contributed by atoms with Gasteiger partial charge in [0, 0.05) is 32.6 Å². The standard InChI is InChI=1S/C22H29N3O3S.HI/c1-23-22(24-14-6-16-29(26,27)21-7-4-3-5-8-21)25-15-13-19(17-25)18-9-11-20(28-2)12-10-18;/h3-5,7-12,19H,6,13-17H2,1-2H3,(H,23,24);1H.